The van der Waals surface area contributed by atoms with Gasteiger partial charge in [0.2, 0.25) is 0 Å². The van der Waals surface area contributed by atoms with Crippen LogP contribution in [-0.2, 0) is 5.41 Å². The van der Waals surface area contributed by atoms with E-state index in [9.17, 15) is 0 Å². The van der Waals surface area contributed by atoms with Crippen LogP contribution in [0.15, 0.2) is 18.2 Å². The quantitative estimate of drug-likeness (QED) is 0.868. The molecule has 1 saturated heterocycles. The molecular weight excluding hydrogens is 254 g/mol. The first kappa shape index (κ1) is 13.5. The predicted molar refractivity (Wildman–Crippen MR) is 81.9 cm³/mol. The van der Waals surface area contributed by atoms with Crippen LogP contribution in [0.4, 0.5) is 0 Å². The van der Waals surface area contributed by atoms with Crippen molar-refractivity contribution in [1.29, 1.82) is 0 Å². The number of halogens is 1. The van der Waals surface area contributed by atoms with E-state index in [1.165, 1.54) is 43.4 Å². The Balaban J connectivity index is 1.93. The van der Waals surface area contributed by atoms with E-state index in [1.807, 2.05) is 0 Å². The van der Waals surface area contributed by atoms with Crippen molar-refractivity contribution in [2.45, 2.75) is 44.9 Å². The first-order valence-electron chi connectivity index (χ1n) is 7.63. The zero-order chi connectivity index (χ0) is 13.5. The molecule has 104 valence electrons. The van der Waals surface area contributed by atoms with Crippen molar-refractivity contribution in [2.75, 3.05) is 13.1 Å². The van der Waals surface area contributed by atoms with E-state index < -0.39 is 0 Å². The molecule has 0 spiro atoms. The lowest BCUT2D eigenvalue weighted by Gasteiger charge is -2.30. The molecule has 19 heavy (non-hydrogen) atoms. The van der Waals surface area contributed by atoms with Crippen molar-refractivity contribution >= 4 is 11.6 Å². The molecule has 1 saturated carbocycles. The van der Waals surface area contributed by atoms with Crippen LogP contribution >= 0.6 is 11.6 Å². The number of benzene rings is 1. The summed E-state index contributed by atoms with van der Waals surface area (Å²) < 4.78 is 0. The maximum atomic E-state index is 6.36. The Labute approximate surface area is 121 Å². The minimum atomic E-state index is 0.358. The van der Waals surface area contributed by atoms with Gasteiger partial charge in [-0.15, -0.1) is 0 Å². The Hall–Kier alpha value is -0.530. The maximum absolute atomic E-state index is 6.36. The molecule has 0 amide bonds. The highest BCUT2D eigenvalue weighted by atomic mass is 35.5. The summed E-state index contributed by atoms with van der Waals surface area (Å²) in [5.41, 5.74) is 3.01. The predicted octanol–water partition coefficient (Wildman–Crippen LogP) is 4.32. The number of rotatable bonds is 3. The molecule has 2 aliphatic rings. The van der Waals surface area contributed by atoms with Crippen LogP contribution < -0.4 is 5.32 Å². The highest BCUT2D eigenvalue weighted by Gasteiger charge is 2.50. The summed E-state index contributed by atoms with van der Waals surface area (Å²) in [6.45, 7) is 6.72. The van der Waals surface area contributed by atoms with E-state index in [2.05, 4.69) is 37.4 Å². The third kappa shape index (κ3) is 2.21. The van der Waals surface area contributed by atoms with Crippen molar-refractivity contribution in [2.24, 2.45) is 11.8 Å². The summed E-state index contributed by atoms with van der Waals surface area (Å²) in [6.07, 6.45) is 5.44. The number of hydrogen-bond acceptors (Lipinski definition) is 1. The van der Waals surface area contributed by atoms with Gasteiger partial charge in [-0.25, -0.2) is 0 Å². The summed E-state index contributed by atoms with van der Waals surface area (Å²) in [4.78, 5) is 0. The van der Waals surface area contributed by atoms with Gasteiger partial charge in [0.1, 0.15) is 0 Å². The van der Waals surface area contributed by atoms with Crippen LogP contribution in [0.3, 0.4) is 0 Å². The fourth-order valence-electron chi connectivity index (χ4n) is 4.34. The lowest BCUT2D eigenvalue weighted by atomic mass is 9.74. The van der Waals surface area contributed by atoms with Crippen molar-refractivity contribution in [3.8, 4) is 0 Å². The second kappa shape index (κ2) is 5.10. The van der Waals surface area contributed by atoms with Crippen LogP contribution in [0, 0.1) is 18.8 Å². The number of fused-ring (bicyclic) bond motifs is 1. The Morgan fingerprint density at radius 3 is 3.00 bits per heavy atom. The molecule has 2 heteroatoms. The van der Waals surface area contributed by atoms with Gasteiger partial charge in [-0.05, 0) is 55.3 Å². The fourth-order valence-corrected chi connectivity index (χ4v) is 4.52. The Bertz CT molecular complexity index is 470. The molecule has 0 bridgehead atoms. The third-order valence-electron chi connectivity index (χ3n) is 5.33. The molecule has 1 N–H and O–H groups in total. The van der Waals surface area contributed by atoms with Crippen LogP contribution in [0.2, 0.25) is 5.02 Å². The minimum Gasteiger partial charge on any atom is -0.316 e. The van der Waals surface area contributed by atoms with E-state index in [-0.39, 0.29) is 0 Å². The molecule has 1 aliphatic carbocycles. The molecule has 1 aliphatic heterocycles. The number of aryl methyl sites for hydroxylation is 1. The smallest absolute Gasteiger partial charge is 0.0438 e. The van der Waals surface area contributed by atoms with Gasteiger partial charge >= 0.3 is 0 Å². The monoisotopic (exact) mass is 277 g/mol. The maximum Gasteiger partial charge on any atom is 0.0438 e. The molecule has 1 unspecified atom stereocenters. The molecule has 1 heterocycles. The van der Waals surface area contributed by atoms with Gasteiger partial charge in [0, 0.05) is 17.0 Å². The minimum absolute atomic E-state index is 0.358. The Morgan fingerprint density at radius 1 is 1.42 bits per heavy atom. The van der Waals surface area contributed by atoms with E-state index >= 15 is 0 Å². The number of hydrogen-bond donors (Lipinski definition) is 1. The van der Waals surface area contributed by atoms with Crippen LogP contribution in [0.5, 0.6) is 0 Å². The van der Waals surface area contributed by atoms with Crippen molar-refractivity contribution in [3.05, 3.63) is 34.3 Å². The first-order chi connectivity index (χ1) is 9.15. The summed E-state index contributed by atoms with van der Waals surface area (Å²) in [6, 6.07) is 6.73. The van der Waals surface area contributed by atoms with Crippen molar-refractivity contribution in [3.63, 3.8) is 0 Å². The second-order valence-corrected chi connectivity index (χ2v) is 6.95. The first-order valence-corrected chi connectivity index (χ1v) is 8.01. The molecular formula is C17H24ClN. The van der Waals surface area contributed by atoms with E-state index in [4.69, 9.17) is 11.6 Å². The van der Waals surface area contributed by atoms with Gasteiger partial charge in [-0.1, -0.05) is 43.5 Å². The molecule has 2 fully saturated rings. The molecule has 1 nitrogen and oxygen atoms in total. The van der Waals surface area contributed by atoms with Gasteiger partial charge < -0.3 is 5.32 Å². The summed E-state index contributed by atoms with van der Waals surface area (Å²) in [5, 5.41) is 4.54. The largest absolute Gasteiger partial charge is 0.316 e. The normalized spacial score (nSPS) is 33.6. The van der Waals surface area contributed by atoms with Gasteiger partial charge in [0.15, 0.2) is 0 Å². The summed E-state index contributed by atoms with van der Waals surface area (Å²) in [7, 11) is 0. The third-order valence-corrected chi connectivity index (χ3v) is 5.73. The topological polar surface area (TPSA) is 12.0 Å². The molecule has 1 aromatic rings. The lowest BCUT2D eigenvalue weighted by Crippen LogP contribution is -2.31. The highest BCUT2D eigenvalue weighted by Crippen LogP contribution is 2.52. The summed E-state index contributed by atoms with van der Waals surface area (Å²) >= 11 is 6.36. The van der Waals surface area contributed by atoms with Gasteiger partial charge in [0.25, 0.3) is 0 Å². The molecule has 1 aromatic carbocycles. The Kier molecular flexibility index (Phi) is 3.61. The zero-order valence-electron chi connectivity index (χ0n) is 12.0. The number of nitrogens with one attached hydrogen (secondary N) is 1. The summed E-state index contributed by atoms with van der Waals surface area (Å²) in [5.74, 6) is 1.72. The van der Waals surface area contributed by atoms with Crippen molar-refractivity contribution < 1.29 is 0 Å². The van der Waals surface area contributed by atoms with Crippen LogP contribution in [0.1, 0.15) is 43.7 Å². The molecule has 3 rings (SSSR count). The molecule has 0 aromatic heterocycles. The van der Waals surface area contributed by atoms with E-state index in [1.54, 1.807) is 0 Å². The van der Waals surface area contributed by atoms with Gasteiger partial charge in [0.05, 0.1) is 0 Å². The van der Waals surface area contributed by atoms with Crippen molar-refractivity contribution in [1.82, 2.24) is 5.32 Å². The zero-order valence-corrected chi connectivity index (χ0v) is 12.8. The van der Waals surface area contributed by atoms with Gasteiger partial charge in [-0.3, -0.25) is 0 Å². The van der Waals surface area contributed by atoms with Crippen LogP contribution in [0.25, 0.3) is 0 Å². The van der Waals surface area contributed by atoms with Crippen LogP contribution in [-0.4, -0.2) is 13.1 Å². The van der Waals surface area contributed by atoms with E-state index in [0.717, 1.165) is 23.4 Å². The molecule has 0 radical (unpaired) electrons. The average Bonchev–Trinajstić information content (AvgIpc) is 2.90. The molecule has 3 atom stereocenters. The highest BCUT2D eigenvalue weighted by molar-refractivity contribution is 6.31. The van der Waals surface area contributed by atoms with E-state index in [0.29, 0.717) is 5.41 Å². The SMILES string of the molecule is CCCC1C[C@@H]2CNC[C@]2(c2ccc(C)c(Cl)c2)C1. The Morgan fingerprint density at radius 2 is 2.26 bits per heavy atom. The fraction of sp³-hybridized carbons (Fsp3) is 0.647. The van der Waals surface area contributed by atoms with Gasteiger partial charge in [-0.2, -0.15) is 0 Å². The lowest BCUT2D eigenvalue weighted by molar-refractivity contribution is 0.393. The average molecular weight is 278 g/mol. The standard InChI is InChI=1S/C17H24ClN/c1-3-4-13-7-15-10-19-11-17(15,9-13)14-6-5-12(2)16(18)8-14/h5-6,8,13,15,19H,3-4,7,9-11H2,1-2H3/t13?,15-,17+/m1/s1. The second-order valence-electron chi connectivity index (χ2n) is 6.54.